The van der Waals surface area contributed by atoms with Gasteiger partial charge in [-0.25, -0.2) is 4.99 Å². The zero-order valence-corrected chi connectivity index (χ0v) is 12.8. The number of aliphatic imine (C=N–C) groups is 1. The van der Waals surface area contributed by atoms with E-state index in [-0.39, 0.29) is 11.7 Å². The third-order valence-corrected chi connectivity index (χ3v) is 4.61. The van der Waals surface area contributed by atoms with Gasteiger partial charge in [0.05, 0.1) is 24.8 Å². The second kappa shape index (κ2) is 6.34. The molecule has 2 aliphatic rings. The Labute approximate surface area is 130 Å². The van der Waals surface area contributed by atoms with E-state index in [9.17, 15) is 0 Å². The molecular weight excluding hydrogens is 288 g/mol. The number of halogens is 1. The van der Waals surface area contributed by atoms with Crippen molar-refractivity contribution in [3.05, 3.63) is 29.8 Å². The van der Waals surface area contributed by atoms with Crippen molar-refractivity contribution < 1.29 is 9.47 Å². The van der Waals surface area contributed by atoms with E-state index >= 15 is 0 Å². The Kier molecular flexibility index (Phi) is 4.48. The molecule has 0 bridgehead atoms. The topological polar surface area (TPSA) is 56.8 Å². The highest BCUT2D eigenvalue weighted by molar-refractivity contribution is 6.28. The van der Waals surface area contributed by atoms with Gasteiger partial charge in [-0.15, -0.1) is 11.6 Å². The minimum Gasteiger partial charge on any atom is -0.386 e. The van der Waals surface area contributed by atoms with Gasteiger partial charge in [-0.05, 0) is 36.5 Å². The van der Waals surface area contributed by atoms with Crippen molar-refractivity contribution in [2.75, 3.05) is 19.1 Å². The highest BCUT2D eigenvalue weighted by Crippen LogP contribution is 2.42. The number of alkyl halides is 1. The van der Waals surface area contributed by atoms with Crippen molar-refractivity contribution in [1.82, 2.24) is 0 Å². The van der Waals surface area contributed by atoms with Crippen LogP contribution in [0.2, 0.25) is 0 Å². The molecule has 5 heteroatoms. The Morgan fingerprint density at radius 2 is 1.81 bits per heavy atom. The molecule has 114 valence electrons. The van der Waals surface area contributed by atoms with Crippen molar-refractivity contribution in [3.63, 3.8) is 0 Å². The Bertz CT molecular complexity index is 500. The molecule has 1 saturated carbocycles. The summed E-state index contributed by atoms with van der Waals surface area (Å²) in [7, 11) is 0. The molecule has 2 N–H and O–H groups in total. The number of nitrogens with two attached hydrogens (primary N) is 1. The van der Waals surface area contributed by atoms with Crippen LogP contribution < -0.4 is 5.73 Å². The summed E-state index contributed by atoms with van der Waals surface area (Å²) in [6, 6.07) is 8.28. The lowest BCUT2D eigenvalue weighted by molar-refractivity contribution is -0.178. The summed E-state index contributed by atoms with van der Waals surface area (Å²) in [5, 5.41) is 0. The summed E-state index contributed by atoms with van der Waals surface area (Å²) in [5.74, 6) is 0.994. The van der Waals surface area contributed by atoms with E-state index < -0.39 is 0 Å². The zero-order chi connectivity index (χ0) is 14.7. The van der Waals surface area contributed by atoms with Crippen molar-refractivity contribution >= 4 is 23.1 Å². The molecule has 0 amide bonds. The summed E-state index contributed by atoms with van der Waals surface area (Å²) < 4.78 is 11.5. The lowest BCUT2D eigenvalue weighted by atomic mass is 9.81. The normalized spacial score (nSPS) is 22.8. The number of rotatable bonds is 3. The van der Waals surface area contributed by atoms with Crippen LogP contribution in [0.15, 0.2) is 29.3 Å². The molecule has 0 aromatic heterocycles. The molecular formula is C16H21ClN2O2. The number of ether oxygens (including phenoxy) is 2. The average Bonchev–Trinajstić information content (AvgIpc) is 2.97. The van der Waals surface area contributed by atoms with E-state index in [1.807, 2.05) is 12.1 Å². The summed E-state index contributed by atoms with van der Waals surface area (Å²) in [6.45, 7) is 1.47. The fourth-order valence-corrected chi connectivity index (χ4v) is 3.25. The lowest BCUT2D eigenvalue weighted by Crippen LogP contribution is -2.34. The van der Waals surface area contributed by atoms with Gasteiger partial charge in [0.1, 0.15) is 5.84 Å². The van der Waals surface area contributed by atoms with E-state index in [1.165, 1.54) is 5.56 Å². The maximum absolute atomic E-state index is 5.77. The van der Waals surface area contributed by atoms with Crippen LogP contribution >= 0.6 is 11.6 Å². The predicted molar refractivity (Wildman–Crippen MR) is 84.3 cm³/mol. The lowest BCUT2D eigenvalue weighted by Gasteiger charge is -2.35. The van der Waals surface area contributed by atoms with Gasteiger partial charge in [0.25, 0.3) is 0 Å². The molecule has 0 atom stereocenters. The summed E-state index contributed by atoms with van der Waals surface area (Å²) >= 11 is 5.63. The molecule has 1 heterocycles. The van der Waals surface area contributed by atoms with Crippen LogP contribution in [0.5, 0.6) is 0 Å². The van der Waals surface area contributed by atoms with Crippen LogP contribution in [0.4, 0.5) is 5.69 Å². The summed E-state index contributed by atoms with van der Waals surface area (Å²) in [4.78, 5) is 4.24. The van der Waals surface area contributed by atoms with Gasteiger partial charge >= 0.3 is 0 Å². The van der Waals surface area contributed by atoms with Gasteiger partial charge in [-0.1, -0.05) is 12.1 Å². The van der Waals surface area contributed by atoms with Crippen LogP contribution in [-0.2, 0) is 9.47 Å². The van der Waals surface area contributed by atoms with Gasteiger partial charge < -0.3 is 15.2 Å². The van der Waals surface area contributed by atoms with Crippen molar-refractivity contribution in [1.29, 1.82) is 0 Å². The Morgan fingerprint density at radius 1 is 1.19 bits per heavy atom. The number of nitrogens with zero attached hydrogens (tertiary/aromatic N) is 1. The highest BCUT2D eigenvalue weighted by Gasteiger charge is 2.40. The van der Waals surface area contributed by atoms with Gasteiger partial charge in [0, 0.05) is 12.8 Å². The average molecular weight is 309 g/mol. The Morgan fingerprint density at radius 3 is 2.38 bits per heavy atom. The standard InChI is InChI=1S/C16H21ClN2O2/c17-11-15(18)19-14-3-1-12(2-4-14)13-5-7-16(8-6-13)20-9-10-21-16/h1-4,13H,5-11H2,(H2,18,19). The molecule has 1 aliphatic heterocycles. The monoisotopic (exact) mass is 308 g/mol. The molecule has 3 rings (SSSR count). The first-order valence-corrected chi connectivity index (χ1v) is 8.01. The van der Waals surface area contributed by atoms with Crippen LogP contribution in [0.25, 0.3) is 0 Å². The van der Waals surface area contributed by atoms with E-state index in [2.05, 4.69) is 17.1 Å². The fourth-order valence-electron chi connectivity index (χ4n) is 3.19. The van der Waals surface area contributed by atoms with E-state index in [0.29, 0.717) is 11.8 Å². The first-order chi connectivity index (χ1) is 10.2. The molecule has 0 radical (unpaired) electrons. The van der Waals surface area contributed by atoms with E-state index in [0.717, 1.165) is 44.6 Å². The molecule has 1 spiro atoms. The van der Waals surface area contributed by atoms with Crippen molar-refractivity contribution in [2.24, 2.45) is 10.7 Å². The third kappa shape index (κ3) is 3.39. The molecule has 4 nitrogen and oxygen atoms in total. The zero-order valence-electron chi connectivity index (χ0n) is 12.1. The number of benzene rings is 1. The molecule has 21 heavy (non-hydrogen) atoms. The number of amidine groups is 1. The second-order valence-corrected chi connectivity index (χ2v) is 5.98. The van der Waals surface area contributed by atoms with Gasteiger partial charge in [-0.3, -0.25) is 0 Å². The Balaban J connectivity index is 1.63. The largest absolute Gasteiger partial charge is 0.386 e. The molecule has 2 fully saturated rings. The van der Waals surface area contributed by atoms with Crippen LogP contribution in [-0.4, -0.2) is 30.7 Å². The molecule has 1 aromatic carbocycles. The number of hydrogen-bond acceptors (Lipinski definition) is 3. The number of hydrogen-bond donors (Lipinski definition) is 1. The van der Waals surface area contributed by atoms with Gasteiger partial charge in [0.2, 0.25) is 0 Å². The van der Waals surface area contributed by atoms with Crippen molar-refractivity contribution in [2.45, 2.75) is 37.4 Å². The second-order valence-electron chi connectivity index (χ2n) is 5.71. The first kappa shape index (κ1) is 14.8. The maximum atomic E-state index is 5.77. The molecule has 1 aliphatic carbocycles. The van der Waals surface area contributed by atoms with Gasteiger partial charge in [0.15, 0.2) is 5.79 Å². The minimum absolute atomic E-state index is 0.256. The Hall–Kier alpha value is -1.10. The van der Waals surface area contributed by atoms with Crippen LogP contribution in [0.1, 0.15) is 37.2 Å². The predicted octanol–water partition coefficient (Wildman–Crippen LogP) is 3.31. The molecule has 1 aromatic rings. The third-order valence-electron chi connectivity index (χ3n) is 4.34. The summed E-state index contributed by atoms with van der Waals surface area (Å²) in [6.07, 6.45) is 4.17. The van der Waals surface area contributed by atoms with E-state index in [1.54, 1.807) is 0 Å². The molecule has 1 saturated heterocycles. The minimum atomic E-state index is -0.282. The quantitative estimate of drug-likeness (QED) is 0.529. The molecule has 0 unspecified atom stereocenters. The van der Waals surface area contributed by atoms with Crippen LogP contribution in [0.3, 0.4) is 0 Å². The summed E-state index contributed by atoms with van der Waals surface area (Å²) in [5.41, 5.74) is 7.85. The SMILES string of the molecule is NC(CCl)=Nc1ccc(C2CCC3(CC2)OCCO3)cc1. The van der Waals surface area contributed by atoms with Crippen molar-refractivity contribution in [3.8, 4) is 0 Å². The highest BCUT2D eigenvalue weighted by atomic mass is 35.5. The van der Waals surface area contributed by atoms with E-state index in [4.69, 9.17) is 26.8 Å². The maximum Gasteiger partial charge on any atom is 0.168 e. The first-order valence-electron chi connectivity index (χ1n) is 7.48. The van der Waals surface area contributed by atoms with Gasteiger partial charge in [-0.2, -0.15) is 0 Å². The van der Waals surface area contributed by atoms with Crippen LogP contribution in [0, 0.1) is 0 Å². The smallest absolute Gasteiger partial charge is 0.168 e. The fraction of sp³-hybridized carbons (Fsp3) is 0.562.